The highest BCUT2D eigenvalue weighted by atomic mass is 19.1. The van der Waals surface area contributed by atoms with Gasteiger partial charge in [-0.2, -0.15) is 10.4 Å². The van der Waals surface area contributed by atoms with E-state index in [0.29, 0.717) is 46.9 Å². The number of hydrogen-bond donors (Lipinski definition) is 0. The van der Waals surface area contributed by atoms with Crippen LogP contribution in [-0.4, -0.2) is 59.3 Å². The van der Waals surface area contributed by atoms with Crippen LogP contribution in [0.3, 0.4) is 0 Å². The maximum Gasteiger partial charge on any atom is 0.410 e. The van der Waals surface area contributed by atoms with Gasteiger partial charge in [0.25, 0.3) is 0 Å². The number of hydrogen-bond acceptors (Lipinski definition) is 8. The van der Waals surface area contributed by atoms with Crippen LogP contribution in [0.5, 0.6) is 5.75 Å². The molecule has 1 aliphatic carbocycles. The Bertz CT molecular complexity index is 1720. The Morgan fingerprint density at radius 3 is 2.58 bits per heavy atom. The predicted molar refractivity (Wildman–Crippen MR) is 155 cm³/mol. The van der Waals surface area contributed by atoms with Gasteiger partial charge in [-0.1, -0.05) is 5.21 Å². The number of pyridine rings is 2. The SMILES string of the molecule is Cc1c(-c2cc(OC(C)c3cc(C4CC4)c(F)cn3)c3c(C#N)cnn3c2)nnn1C1CCN(C(=O)OC(C)(C)C)CC1. The van der Waals surface area contributed by atoms with Crippen molar-refractivity contribution in [1.29, 1.82) is 5.26 Å². The van der Waals surface area contributed by atoms with Crippen LogP contribution in [0.1, 0.15) is 94.0 Å². The summed E-state index contributed by atoms with van der Waals surface area (Å²) in [5, 5.41) is 23.1. The number of fused-ring (bicyclic) bond motifs is 1. The minimum absolute atomic E-state index is 0.0829. The molecule has 1 saturated carbocycles. The first kappa shape index (κ1) is 28.6. The van der Waals surface area contributed by atoms with Crippen LogP contribution in [0.4, 0.5) is 9.18 Å². The summed E-state index contributed by atoms with van der Waals surface area (Å²) in [6, 6.07) is 5.89. The van der Waals surface area contributed by atoms with Crippen molar-refractivity contribution in [2.24, 2.45) is 0 Å². The van der Waals surface area contributed by atoms with Crippen LogP contribution in [0.25, 0.3) is 16.8 Å². The van der Waals surface area contributed by atoms with E-state index >= 15 is 0 Å². The molecular weight excluding hydrogens is 551 g/mol. The maximum atomic E-state index is 14.4. The number of aromatic nitrogens is 6. The van der Waals surface area contributed by atoms with E-state index in [1.165, 1.54) is 12.4 Å². The number of halogens is 1. The molecule has 0 radical (unpaired) electrons. The molecule has 1 amide bonds. The van der Waals surface area contributed by atoms with Gasteiger partial charge in [-0.15, -0.1) is 5.10 Å². The van der Waals surface area contributed by atoms with E-state index in [2.05, 4.69) is 26.5 Å². The van der Waals surface area contributed by atoms with Crippen molar-refractivity contribution < 1.29 is 18.7 Å². The van der Waals surface area contributed by atoms with Crippen LogP contribution in [0.15, 0.2) is 30.7 Å². The number of amides is 1. The van der Waals surface area contributed by atoms with Crippen LogP contribution in [0.2, 0.25) is 0 Å². The molecule has 0 aromatic carbocycles. The topological polar surface area (TPSA) is 123 Å². The lowest BCUT2D eigenvalue weighted by molar-refractivity contribution is 0.0183. The quantitative estimate of drug-likeness (QED) is 0.274. The summed E-state index contributed by atoms with van der Waals surface area (Å²) >= 11 is 0. The molecule has 1 atom stereocenters. The van der Waals surface area contributed by atoms with Crippen molar-refractivity contribution in [3.05, 3.63) is 59.1 Å². The number of piperidine rings is 1. The molecule has 2 fully saturated rings. The minimum atomic E-state index is -0.537. The zero-order valence-corrected chi connectivity index (χ0v) is 25.0. The van der Waals surface area contributed by atoms with Gasteiger partial charge in [0.15, 0.2) is 0 Å². The van der Waals surface area contributed by atoms with E-state index in [9.17, 15) is 14.4 Å². The number of nitriles is 1. The summed E-state index contributed by atoms with van der Waals surface area (Å²) < 4.78 is 29.8. The Labute approximate surface area is 249 Å². The van der Waals surface area contributed by atoms with Crippen molar-refractivity contribution in [3.63, 3.8) is 0 Å². The number of carbonyl (C=O) groups is 1. The first-order valence-electron chi connectivity index (χ1n) is 14.7. The monoisotopic (exact) mass is 586 g/mol. The Morgan fingerprint density at radius 1 is 1.16 bits per heavy atom. The molecule has 43 heavy (non-hydrogen) atoms. The first-order chi connectivity index (χ1) is 20.5. The molecule has 2 aliphatic rings. The number of nitrogens with zero attached hydrogens (tertiary/aromatic N) is 8. The van der Waals surface area contributed by atoms with Crippen molar-refractivity contribution in [2.75, 3.05) is 13.1 Å². The third kappa shape index (κ3) is 5.76. The van der Waals surface area contributed by atoms with E-state index in [4.69, 9.17) is 9.47 Å². The van der Waals surface area contributed by atoms with Crippen LogP contribution in [-0.2, 0) is 4.74 Å². The molecule has 5 heterocycles. The fourth-order valence-electron chi connectivity index (χ4n) is 5.61. The number of likely N-dealkylation sites (tertiary alicyclic amines) is 1. The number of carbonyl (C=O) groups excluding carboxylic acids is 1. The third-order valence-electron chi connectivity index (χ3n) is 8.00. The van der Waals surface area contributed by atoms with E-state index in [0.717, 1.165) is 36.9 Å². The second-order valence-corrected chi connectivity index (χ2v) is 12.4. The molecule has 11 nitrogen and oxygen atoms in total. The summed E-state index contributed by atoms with van der Waals surface area (Å²) in [6.07, 6.45) is 7.16. The Balaban J connectivity index is 1.26. The van der Waals surface area contributed by atoms with Crippen LogP contribution in [0, 0.1) is 24.1 Å². The molecule has 4 aromatic heterocycles. The summed E-state index contributed by atoms with van der Waals surface area (Å²) in [5.74, 6) is 0.386. The maximum absolute atomic E-state index is 14.4. The standard InChI is InChI=1S/C31H35FN8O3/c1-18-28(36-37-40(18)23-8-10-38(11-9-23)30(41)43-31(3,4)5)21-12-27(29-22(14-33)15-35-39(29)17-21)42-19(2)26-13-24(20-6-7-20)25(32)16-34-26/h12-13,15-17,19-20,23H,6-11H2,1-5H3. The molecule has 1 unspecified atom stereocenters. The highest BCUT2D eigenvalue weighted by molar-refractivity contribution is 5.75. The molecule has 0 spiro atoms. The fraction of sp³-hybridized carbons (Fsp3) is 0.484. The Kier molecular flexibility index (Phi) is 7.28. The molecule has 6 rings (SSSR count). The normalized spacial score (nSPS) is 16.7. The molecule has 4 aromatic rings. The number of rotatable bonds is 6. The van der Waals surface area contributed by atoms with Gasteiger partial charge in [0.05, 0.1) is 29.8 Å². The van der Waals surface area contributed by atoms with Crippen molar-refractivity contribution in [1.82, 2.24) is 34.5 Å². The number of ether oxygens (including phenoxy) is 2. The molecule has 1 saturated heterocycles. The zero-order chi connectivity index (χ0) is 30.5. The summed E-state index contributed by atoms with van der Waals surface area (Å²) in [4.78, 5) is 18.5. The summed E-state index contributed by atoms with van der Waals surface area (Å²) in [7, 11) is 0. The smallest absolute Gasteiger partial charge is 0.410 e. The average Bonchev–Trinajstić information content (AvgIpc) is 3.61. The van der Waals surface area contributed by atoms with E-state index in [1.807, 2.05) is 51.6 Å². The second kappa shape index (κ2) is 10.9. The highest BCUT2D eigenvalue weighted by Crippen LogP contribution is 2.42. The molecule has 0 bridgehead atoms. The molecule has 12 heteroatoms. The third-order valence-corrected chi connectivity index (χ3v) is 8.00. The van der Waals surface area contributed by atoms with Gasteiger partial charge >= 0.3 is 6.09 Å². The predicted octanol–water partition coefficient (Wildman–Crippen LogP) is 5.90. The Morgan fingerprint density at radius 2 is 1.91 bits per heavy atom. The van der Waals surface area contributed by atoms with E-state index in [1.54, 1.807) is 15.5 Å². The van der Waals surface area contributed by atoms with Crippen molar-refractivity contribution in [3.8, 4) is 23.1 Å². The minimum Gasteiger partial charge on any atom is -0.482 e. The second-order valence-electron chi connectivity index (χ2n) is 12.4. The van der Waals surface area contributed by atoms with Crippen LogP contribution < -0.4 is 4.74 Å². The molecule has 224 valence electrons. The lowest BCUT2D eigenvalue weighted by Gasteiger charge is -2.33. The van der Waals surface area contributed by atoms with E-state index < -0.39 is 11.7 Å². The summed E-state index contributed by atoms with van der Waals surface area (Å²) in [5.41, 5.74) is 3.91. The molecular formula is C31H35FN8O3. The highest BCUT2D eigenvalue weighted by Gasteiger charge is 2.30. The summed E-state index contributed by atoms with van der Waals surface area (Å²) in [6.45, 7) is 10.5. The van der Waals surface area contributed by atoms with Crippen molar-refractivity contribution in [2.45, 2.75) is 84.0 Å². The van der Waals surface area contributed by atoms with Crippen LogP contribution >= 0.6 is 0 Å². The first-order valence-corrected chi connectivity index (χ1v) is 14.7. The van der Waals surface area contributed by atoms with Gasteiger partial charge in [0.2, 0.25) is 0 Å². The zero-order valence-electron chi connectivity index (χ0n) is 25.0. The lowest BCUT2D eigenvalue weighted by atomic mass is 10.0. The Hall–Kier alpha value is -4.53. The van der Waals surface area contributed by atoms with Gasteiger partial charge in [0, 0.05) is 24.8 Å². The fourth-order valence-corrected chi connectivity index (χ4v) is 5.61. The largest absolute Gasteiger partial charge is 0.482 e. The van der Waals surface area contributed by atoms with E-state index in [-0.39, 0.29) is 23.9 Å². The van der Waals surface area contributed by atoms with Gasteiger partial charge < -0.3 is 14.4 Å². The van der Waals surface area contributed by atoms with Gasteiger partial charge in [-0.25, -0.2) is 18.4 Å². The molecule has 1 aliphatic heterocycles. The molecule has 0 N–H and O–H groups in total. The lowest BCUT2D eigenvalue weighted by Crippen LogP contribution is -2.42. The average molecular weight is 587 g/mol. The van der Waals surface area contributed by atoms with Gasteiger partial charge in [-0.05, 0) is 83.9 Å². The van der Waals surface area contributed by atoms with Gasteiger partial charge in [0.1, 0.15) is 46.1 Å². The van der Waals surface area contributed by atoms with Crippen molar-refractivity contribution >= 4 is 11.6 Å². The van der Waals surface area contributed by atoms with Gasteiger partial charge in [-0.3, -0.25) is 4.98 Å².